The zero-order valence-corrected chi connectivity index (χ0v) is 29.8. The lowest BCUT2D eigenvalue weighted by Gasteiger charge is -2.27. The van der Waals surface area contributed by atoms with Gasteiger partial charge in [0.2, 0.25) is 0 Å². The SMILES string of the molecule is C.CCC(C)=O.COC(=O)C1CCC(CNc2cc(OC)ccc2N)CC1.COC(=O)C1CCC(CNc2cc(OC)ccc2[N+](=O)[O-])CC1. The van der Waals surface area contributed by atoms with E-state index in [2.05, 4.69) is 10.6 Å². The number of nitrogens with zero attached hydrogens (tertiary/aromatic N) is 1. The fraction of sp³-hybridized carbons (Fsp3) is 0.595. The second kappa shape index (κ2) is 23.0. The number of Topliss-reactive ketones (excluding diaryl/α,β-unsaturated/α-hetero) is 1. The second-order valence-electron chi connectivity index (χ2n) is 12.4. The third-order valence-electron chi connectivity index (χ3n) is 9.08. The Bertz CT molecular complexity index is 1350. The number of ketones is 1. The molecule has 0 bridgehead atoms. The summed E-state index contributed by atoms with van der Waals surface area (Å²) in [6.07, 6.45) is 7.99. The molecule has 0 amide bonds. The molecule has 4 N–H and O–H groups in total. The molecule has 2 aromatic carbocycles. The minimum absolute atomic E-state index is 0. The summed E-state index contributed by atoms with van der Waals surface area (Å²) in [4.78, 5) is 43.5. The number of nitrogens with two attached hydrogens (primary N) is 1. The predicted octanol–water partition coefficient (Wildman–Crippen LogP) is 7.28. The van der Waals surface area contributed by atoms with Gasteiger partial charge >= 0.3 is 11.9 Å². The van der Waals surface area contributed by atoms with Crippen molar-refractivity contribution in [3.63, 3.8) is 0 Å². The minimum Gasteiger partial charge on any atom is -0.497 e. The molecule has 0 saturated heterocycles. The van der Waals surface area contributed by atoms with Crippen molar-refractivity contribution in [3.05, 3.63) is 46.5 Å². The van der Waals surface area contributed by atoms with E-state index in [0.717, 1.165) is 75.0 Å². The number of ether oxygens (including phenoxy) is 4. The van der Waals surface area contributed by atoms with Crippen LogP contribution in [0.25, 0.3) is 0 Å². The number of nitro benzene ring substituents is 1. The van der Waals surface area contributed by atoms with Crippen molar-refractivity contribution in [2.45, 2.75) is 79.1 Å². The summed E-state index contributed by atoms with van der Waals surface area (Å²) < 4.78 is 19.9. The molecule has 2 aromatic rings. The molecule has 0 radical (unpaired) electrons. The number of carbonyl (C=O) groups excluding carboxylic acids is 3. The molecule has 4 rings (SSSR count). The van der Waals surface area contributed by atoms with Crippen molar-refractivity contribution in [3.8, 4) is 11.5 Å². The Morgan fingerprint density at radius 1 is 0.760 bits per heavy atom. The molecule has 2 aliphatic rings. The first-order valence-corrected chi connectivity index (χ1v) is 16.8. The van der Waals surface area contributed by atoms with Crippen LogP contribution in [0.1, 0.15) is 79.1 Å². The van der Waals surface area contributed by atoms with Gasteiger partial charge in [-0.05, 0) is 88.3 Å². The molecule has 50 heavy (non-hydrogen) atoms. The zero-order chi connectivity index (χ0) is 36.3. The first kappa shape index (κ1) is 43.5. The smallest absolute Gasteiger partial charge is 0.308 e. The number of nitro groups is 1. The number of carbonyl (C=O) groups is 3. The van der Waals surface area contributed by atoms with Crippen molar-refractivity contribution < 1.29 is 38.3 Å². The van der Waals surface area contributed by atoms with Gasteiger partial charge in [0, 0.05) is 37.7 Å². The van der Waals surface area contributed by atoms with Crippen LogP contribution in [0.5, 0.6) is 11.5 Å². The van der Waals surface area contributed by atoms with Crippen LogP contribution in [0, 0.1) is 33.8 Å². The van der Waals surface area contributed by atoms with Gasteiger partial charge in [0.1, 0.15) is 23.0 Å². The number of benzene rings is 2. The largest absolute Gasteiger partial charge is 0.497 e. The Hall–Kier alpha value is -4.55. The summed E-state index contributed by atoms with van der Waals surface area (Å²) in [7, 11) is 6.04. The van der Waals surface area contributed by atoms with Gasteiger partial charge in [0.15, 0.2) is 0 Å². The van der Waals surface area contributed by atoms with E-state index in [0.29, 0.717) is 36.2 Å². The number of anilines is 3. The third-order valence-corrected chi connectivity index (χ3v) is 9.08. The van der Waals surface area contributed by atoms with Gasteiger partial charge in [-0.15, -0.1) is 0 Å². The van der Waals surface area contributed by atoms with Gasteiger partial charge < -0.3 is 40.1 Å². The van der Waals surface area contributed by atoms with Crippen molar-refractivity contribution in [2.24, 2.45) is 23.7 Å². The lowest BCUT2D eigenvalue weighted by molar-refractivity contribution is -0.384. The summed E-state index contributed by atoms with van der Waals surface area (Å²) in [6, 6.07) is 10.3. The van der Waals surface area contributed by atoms with Crippen molar-refractivity contribution in [1.29, 1.82) is 0 Å². The average Bonchev–Trinajstić information content (AvgIpc) is 3.13. The topological polar surface area (TPSA) is 181 Å². The second-order valence-corrected chi connectivity index (χ2v) is 12.4. The summed E-state index contributed by atoms with van der Waals surface area (Å²) >= 11 is 0. The van der Waals surface area contributed by atoms with Crippen molar-refractivity contribution in [1.82, 2.24) is 0 Å². The number of nitrogens with one attached hydrogen (secondary N) is 2. The maximum absolute atomic E-state index is 11.5. The van der Waals surface area contributed by atoms with Gasteiger partial charge in [-0.3, -0.25) is 19.7 Å². The number of nitrogen functional groups attached to an aromatic ring is 1. The predicted molar refractivity (Wildman–Crippen MR) is 197 cm³/mol. The van der Waals surface area contributed by atoms with Crippen LogP contribution in [-0.2, 0) is 23.9 Å². The molecule has 0 spiro atoms. The molecule has 13 nitrogen and oxygen atoms in total. The van der Waals surface area contributed by atoms with Crippen LogP contribution >= 0.6 is 0 Å². The quantitative estimate of drug-likeness (QED) is 0.0871. The van der Waals surface area contributed by atoms with Crippen LogP contribution in [0.2, 0.25) is 0 Å². The number of hydrogen-bond acceptors (Lipinski definition) is 12. The van der Waals surface area contributed by atoms with Crippen molar-refractivity contribution in [2.75, 3.05) is 57.9 Å². The van der Waals surface area contributed by atoms with E-state index in [-0.39, 0.29) is 42.7 Å². The Kier molecular flexibility index (Phi) is 20.0. The Balaban J connectivity index is 0.000000434. The summed E-state index contributed by atoms with van der Waals surface area (Å²) in [5, 5.41) is 17.7. The molecule has 0 aromatic heterocycles. The number of esters is 2. The maximum Gasteiger partial charge on any atom is 0.308 e. The summed E-state index contributed by atoms with van der Waals surface area (Å²) in [5.74, 6) is 2.44. The van der Waals surface area contributed by atoms with E-state index in [9.17, 15) is 24.5 Å². The van der Waals surface area contributed by atoms with E-state index >= 15 is 0 Å². The molecule has 0 unspecified atom stereocenters. The first-order valence-electron chi connectivity index (χ1n) is 16.8. The highest BCUT2D eigenvalue weighted by Gasteiger charge is 2.28. The fourth-order valence-corrected chi connectivity index (χ4v) is 5.80. The molecule has 0 aliphatic heterocycles. The lowest BCUT2D eigenvalue weighted by Crippen LogP contribution is -2.26. The number of methoxy groups -OCH3 is 4. The highest BCUT2D eigenvalue weighted by molar-refractivity contribution is 5.75. The Morgan fingerprint density at radius 2 is 1.16 bits per heavy atom. The molecule has 0 heterocycles. The fourth-order valence-electron chi connectivity index (χ4n) is 5.80. The van der Waals surface area contributed by atoms with Crippen LogP contribution < -0.4 is 25.8 Å². The Labute approximate surface area is 297 Å². The molecular weight excluding hydrogens is 644 g/mol. The lowest BCUT2D eigenvalue weighted by atomic mass is 9.82. The molecule has 2 saturated carbocycles. The molecular formula is C37H58N4O9. The molecule has 13 heteroatoms. The van der Waals surface area contributed by atoms with E-state index in [1.54, 1.807) is 26.2 Å². The minimum atomic E-state index is -0.407. The van der Waals surface area contributed by atoms with Gasteiger partial charge in [-0.2, -0.15) is 0 Å². The number of hydrogen-bond donors (Lipinski definition) is 3. The van der Waals surface area contributed by atoms with E-state index < -0.39 is 4.92 Å². The third kappa shape index (κ3) is 14.5. The van der Waals surface area contributed by atoms with Crippen LogP contribution in [0.15, 0.2) is 36.4 Å². The van der Waals surface area contributed by atoms with Crippen LogP contribution in [0.3, 0.4) is 0 Å². The molecule has 2 aliphatic carbocycles. The average molecular weight is 703 g/mol. The standard InChI is InChI=1S/C16H22N2O5.C16H24N2O3.C4H8O.CH4/c1-22-13-7-8-15(18(20)21)14(9-13)17-10-11-3-5-12(6-4-11)16(19)23-2;1-20-13-7-8-14(17)15(9-13)18-10-11-3-5-12(6-4-11)16(19)21-2;1-3-4(2)5;/h7-9,11-12,17H,3-6,10H2,1-2H3;7-9,11-12,18H,3-6,10,17H2,1-2H3;3H2,1-2H3;1H4. The van der Waals surface area contributed by atoms with Gasteiger partial charge in [0.25, 0.3) is 5.69 Å². The van der Waals surface area contributed by atoms with Crippen LogP contribution in [0.4, 0.5) is 22.7 Å². The normalized spacial score (nSPS) is 19.3. The molecule has 0 atom stereocenters. The van der Waals surface area contributed by atoms with E-state index in [1.807, 2.05) is 25.1 Å². The number of rotatable bonds is 12. The molecule has 280 valence electrons. The first-order chi connectivity index (χ1) is 23.4. The monoisotopic (exact) mass is 702 g/mol. The van der Waals surface area contributed by atoms with Crippen molar-refractivity contribution >= 4 is 40.5 Å². The van der Waals surface area contributed by atoms with Gasteiger partial charge in [-0.25, -0.2) is 0 Å². The van der Waals surface area contributed by atoms with Gasteiger partial charge in [-0.1, -0.05) is 14.4 Å². The summed E-state index contributed by atoms with van der Waals surface area (Å²) in [6.45, 7) is 4.94. The highest BCUT2D eigenvalue weighted by Crippen LogP contribution is 2.33. The van der Waals surface area contributed by atoms with E-state index in [4.69, 9.17) is 24.7 Å². The molecule has 2 fully saturated rings. The summed E-state index contributed by atoms with van der Waals surface area (Å²) in [5.41, 5.74) is 8.09. The maximum atomic E-state index is 11.5. The van der Waals surface area contributed by atoms with Gasteiger partial charge in [0.05, 0.1) is 56.6 Å². The van der Waals surface area contributed by atoms with Crippen LogP contribution in [-0.4, -0.2) is 64.2 Å². The zero-order valence-electron chi connectivity index (χ0n) is 29.8. The highest BCUT2D eigenvalue weighted by atomic mass is 16.6. The van der Waals surface area contributed by atoms with E-state index in [1.165, 1.54) is 27.4 Å². The Morgan fingerprint density at radius 3 is 1.54 bits per heavy atom.